The molecule has 0 aliphatic heterocycles. The number of halogens is 1. The minimum atomic E-state index is -0.225. The first-order valence-corrected chi connectivity index (χ1v) is 19.2. The Morgan fingerprint density at radius 3 is 1.59 bits per heavy atom. The maximum absolute atomic E-state index is 12.9. The number of unbranched alkanes of at least 4 members (excludes halogenated alkanes) is 4. The van der Waals surface area contributed by atoms with Crippen LogP contribution in [0, 0.1) is 5.82 Å². The van der Waals surface area contributed by atoms with Crippen molar-refractivity contribution in [2.75, 3.05) is 17.2 Å². The first kappa shape index (κ1) is 37.3. The monoisotopic (exact) mass is 720 g/mol. The molecule has 0 aliphatic carbocycles. The Balaban J connectivity index is 0.000000189. The van der Waals surface area contributed by atoms with Crippen molar-refractivity contribution in [3.8, 4) is 32.6 Å². The van der Waals surface area contributed by atoms with E-state index >= 15 is 0 Å². The molecule has 51 heavy (non-hydrogen) atoms. The number of nitrogens with one attached hydrogen (secondary N) is 2. The summed E-state index contributed by atoms with van der Waals surface area (Å²) in [6.07, 6.45) is 6.50. The summed E-state index contributed by atoms with van der Waals surface area (Å²) in [5, 5.41) is 27.8. The van der Waals surface area contributed by atoms with Gasteiger partial charge in [0.25, 0.3) is 0 Å². The summed E-state index contributed by atoms with van der Waals surface area (Å²) < 4.78 is 14.9. The van der Waals surface area contributed by atoms with Crippen LogP contribution in [-0.4, -0.2) is 26.7 Å². The van der Waals surface area contributed by atoms with Crippen LogP contribution >= 0.6 is 22.7 Å². The van der Waals surface area contributed by atoms with Gasteiger partial charge in [0.2, 0.25) is 0 Å². The van der Waals surface area contributed by atoms with Crippen molar-refractivity contribution in [1.29, 1.82) is 0 Å². The van der Waals surface area contributed by atoms with Crippen molar-refractivity contribution in [3.05, 3.63) is 121 Å². The van der Waals surface area contributed by atoms with Gasteiger partial charge in [0.1, 0.15) is 27.3 Å². The molecule has 264 valence electrons. The van der Waals surface area contributed by atoms with E-state index in [2.05, 4.69) is 51.8 Å². The van der Waals surface area contributed by atoms with E-state index in [-0.39, 0.29) is 17.3 Å². The number of anilines is 2. The molecule has 0 amide bonds. The second-order valence-corrected chi connectivity index (χ2v) is 13.9. The molecule has 0 saturated carbocycles. The van der Waals surface area contributed by atoms with Crippen LogP contribution in [0.3, 0.4) is 0 Å². The van der Waals surface area contributed by atoms with Crippen molar-refractivity contribution in [1.82, 2.24) is 9.97 Å². The van der Waals surface area contributed by atoms with Gasteiger partial charge in [-0.3, -0.25) is 0 Å². The fourth-order valence-corrected chi connectivity index (χ4v) is 7.31. The van der Waals surface area contributed by atoms with Crippen LogP contribution < -0.4 is 10.6 Å². The van der Waals surface area contributed by atoms with Gasteiger partial charge in [-0.15, -0.1) is 22.7 Å². The van der Waals surface area contributed by atoms with Gasteiger partial charge >= 0.3 is 0 Å². The van der Waals surface area contributed by atoms with Crippen molar-refractivity contribution in [2.45, 2.75) is 59.4 Å². The van der Waals surface area contributed by atoms with E-state index in [0.29, 0.717) is 6.54 Å². The number of fused-ring (bicyclic) bond motifs is 2. The molecule has 0 fully saturated rings. The quantitative estimate of drug-likeness (QED) is 0.0940. The molecular weight excluding hydrogens is 676 g/mol. The summed E-state index contributed by atoms with van der Waals surface area (Å²) in [5.74, 6) is 0.316. The Morgan fingerprint density at radius 2 is 1.08 bits per heavy atom. The van der Waals surface area contributed by atoms with Crippen LogP contribution in [-0.2, 0) is 6.54 Å². The lowest BCUT2D eigenvalue weighted by Crippen LogP contribution is -2.01. The van der Waals surface area contributed by atoms with Gasteiger partial charge < -0.3 is 20.8 Å². The fourth-order valence-electron chi connectivity index (χ4n) is 5.30. The number of benzene rings is 5. The Kier molecular flexibility index (Phi) is 13.8. The number of rotatable bonds is 12. The standard InChI is InChI=1S/C20H15FN2OS.C20H24N2OS.C2H6/c21-15-5-1-13(2-6-15)12-22-16-7-3-14(4-8-16)20-23-18-10-9-17(24)11-19(18)25-20;1-2-3-4-5-6-13-21-16-9-7-15(8-10-16)20-22-18-12-11-17(23)14-19(18)24-20;1-2/h1-11,22,24H,12H2;7-12,14,21,23H,2-6,13H2,1H3;1-2H3. The van der Waals surface area contributed by atoms with Crippen LogP contribution in [0.25, 0.3) is 41.6 Å². The van der Waals surface area contributed by atoms with Crippen LogP contribution in [0.15, 0.2) is 109 Å². The van der Waals surface area contributed by atoms with Gasteiger partial charge in [-0.25, -0.2) is 14.4 Å². The Morgan fingerprint density at radius 1 is 0.588 bits per heavy atom. The van der Waals surface area contributed by atoms with E-state index in [1.807, 2.05) is 50.2 Å². The number of phenols is 2. The van der Waals surface area contributed by atoms with Crippen LogP contribution in [0.1, 0.15) is 58.4 Å². The third kappa shape index (κ3) is 10.7. The first-order valence-electron chi connectivity index (χ1n) is 17.6. The second kappa shape index (κ2) is 18.8. The average molecular weight is 721 g/mol. The lowest BCUT2D eigenvalue weighted by atomic mass is 10.1. The summed E-state index contributed by atoms with van der Waals surface area (Å²) in [5.41, 5.74) is 7.15. The topological polar surface area (TPSA) is 90.3 Å². The predicted octanol–water partition coefficient (Wildman–Crippen LogP) is 12.5. The zero-order valence-corrected chi connectivity index (χ0v) is 31.0. The van der Waals surface area contributed by atoms with E-state index in [4.69, 9.17) is 0 Å². The molecule has 0 saturated heterocycles. The highest BCUT2D eigenvalue weighted by Gasteiger charge is 2.08. The largest absolute Gasteiger partial charge is 0.508 e. The van der Waals surface area contributed by atoms with Crippen LogP contribution in [0.4, 0.5) is 15.8 Å². The van der Waals surface area contributed by atoms with Gasteiger partial charge in [0.15, 0.2) is 0 Å². The summed E-state index contributed by atoms with van der Waals surface area (Å²) >= 11 is 3.16. The molecule has 0 bridgehead atoms. The highest BCUT2D eigenvalue weighted by molar-refractivity contribution is 7.22. The average Bonchev–Trinajstić information content (AvgIpc) is 3.78. The lowest BCUT2D eigenvalue weighted by Gasteiger charge is -2.07. The van der Waals surface area contributed by atoms with Crippen LogP contribution in [0.2, 0.25) is 0 Å². The molecule has 0 spiro atoms. The van der Waals surface area contributed by atoms with Gasteiger partial charge in [-0.2, -0.15) is 0 Å². The van der Waals surface area contributed by atoms with E-state index in [1.165, 1.54) is 44.2 Å². The number of aromatic hydroxyl groups is 2. The number of hydrogen-bond acceptors (Lipinski definition) is 8. The maximum Gasteiger partial charge on any atom is 0.124 e. The molecular formula is C42H45FN4O2S2. The zero-order valence-electron chi connectivity index (χ0n) is 29.3. The fraction of sp³-hybridized carbons (Fsp3) is 0.238. The van der Waals surface area contributed by atoms with Crippen molar-refractivity contribution >= 4 is 54.5 Å². The molecule has 4 N–H and O–H groups in total. The Bertz CT molecular complexity index is 2090. The smallest absolute Gasteiger partial charge is 0.124 e. The zero-order chi connectivity index (χ0) is 36.0. The molecule has 0 radical (unpaired) electrons. The normalized spacial score (nSPS) is 10.7. The molecule has 0 atom stereocenters. The van der Waals surface area contributed by atoms with Crippen LogP contribution in [0.5, 0.6) is 11.5 Å². The Labute approximate surface area is 307 Å². The molecule has 9 heteroatoms. The molecule has 6 nitrogen and oxygen atoms in total. The summed E-state index contributed by atoms with van der Waals surface area (Å²) in [7, 11) is 0. The highest BCUT2D eigenvalue weighted by atomic mass is 32.1. The molecule has 2 heterocycles. The highest BCUT2D eigenvalue weighted by Crippen LogP contribution is 2.34. The molecule has 7 aromatic rings. The lowest BCUT2D eigenvalue weighted by molar-refractivity contribution is 0.475. The second-order valence-electron chi connectivity index (χ2n) is 11.8. The minimum absolute atomic E-state index is 0.225. The van der Waals surface area contributed by atoms with Crippen molar-refractivity contribution in [3.63, 3.8) is 0 Å². The molecule has 2 aromatic heterocycles. The Hall–Kier alpha value is -4.99. The number of hydrogen-bond donors (Lipinski definition) is 4. The molecule has 5 aromatic carbocycles. The minimum Gasteiger partial charge on any atom is -0.508 e. The number of nitrogens with zero attached hydrogens (tertiary/aromatic N) is 2. The number of aromatic nitrogens is 2. The third-order valence-electron chi connectivity index (χ3n) is 8.03. The van der Waals surface area contributed by atoms with Gasteiger partial charge in [0.05, 0.1) is 20.4 Å². The summed E-state index contributed by atoms with van der Waals surface area (Å²) in [6, 6.07) is 33.5. The molecule has 0 aliphatic rings. The van der Waals surface area contributed by atoms with Gasteiger partial charge in [-0.05, 0) is 109 Å². The van der Waals surface area contributed by atoms with Crippen molar-refractivity contribution in [2.24, 2.45) is 0 Å². The number of thiazole rings is 2. The van der Waals surface area contributed by atoms with Gasteiger partial charge in [-0.1, -0.05) is 58.6 Å². The van der Waals surface area contributed by atoms with E-state index in [0.717, 1.165) is 65.1 Å². The molecule has 7 rings (SSSR count). The SMILES string of the molecule is CC.CCCCCCCNc1ccc(-c2nc3ccc(O)cc3s2)cc1.Oc1ccc2nc(-c3ccc(NCc4ccc(F)cc4)cc3)sc2c1. The van der Waals surface area contributed by atoms with Gasteiger partial charge in [0, 0.05) is 35.6 Å². The molecule has 0 unspecified atom stereocenters. The van der Waals surface area contributed by atoms with E-state index in [9.17, 15) is 14.6 Å². The number of phenolic OH excluding ortho intramolecular Hbond substituents is 2. The maximum atomic E-state index is 12.9. The van der Waals surface area contributed by atoms with E-state index < -0.39 is 0 Å². The van der Waals surface area contributed by atoms with E-state index in [1.54, 1.807) is 59.1 Å². The summed E-state index contributed by atoms with van der Waals surface area (Å²) in [4.78, 5) is 9.25. The predicted molar refractivity (Wildman–Crippen MR) is 216 cm³/mol. The summed E-state index contributed by atoms with van der Waals surface area (Å²) in [6.45, 7) is 7.91. The third-order valence-corrected chi connectivity index (χ3v) is 10.2. The van der Waals surface area contributed by atoms with Crippen molar-refractivity contribution < 1.29 is 14.6 Å². The first-order chi connectivity index (χ1) is 24.9.